The van der Waals surface area contributed by atoms with Crippen molar-refractivity contribution in [1.29, 1.82) is 0 Å². The van der Waals surface area contributed by atoms with Gasteiger partial charge in [-0.1, -0.05) is 6.47 Å². The molecule has 0 fully saturated rings. The minimum atomic E-state index is 0. The Bertz CT molecular complexity index is 17.1. The Morgan fingerprint density at radius 1 is 2.00 bits per heavy atom. The van der Waals surface area contributed by atoms with Gasteiger partial charge in [-0.05, 0) is 0 Å². The molecule has 4 heavy (non-hydrogen) atoms. The van der Waals surface area contributed by atoms with E-state index in [-0.39, 0.29) is 50.3 Å². The predicted molar refractivity (Wildman–Crippen MR) is 15.2 cm³/mol. The van der Waals surface area contributed by atoms with Gasteiger partial charge in [0.05, 0.1) is 0 Å². The Labute approximate surface area is 65.8 Å². The van der Waals surface area contributed by atoms with Gasteiger partial charge < -0.3 is 11.3 Å². The molecule has 0 unspecified atom stereocenters. The van der Waals surface area contributed by atoms with Gasteiger partial charge in [-0.2, -0.15) is 0 Å². The third kappa shape index (κ3) is 11.7. The summed E-state index contributed by atoms with van der Waals surface area (Å²) < 4.78 is 0. The Morgan fingerprint density at radius 3 is 2.00 bits per heavy atom. The average Bonchev–Trinajstić information content (AvgIpc) is 0.918. The fourth-order valence-electron chi connectivity index (χ4n) is 0. The van der Waals surface area contributed by atoms with Crippen LogP contribution in [0.2, 0.25) is 0 Å². The van der Waals surface area contributed by atoms with E-state index in [1.54, 1.807) is 0 Å². The predicted octanol–water partition coefficient (Wildman–Crippen LogP) is -0.657. The fraction of sp³-hybridized carbons (Fsp3) is 0. The molecule has 0 heterocycles. The van der Waals surface area contributed by atoms with Crippen molar-refractivity contribution >= 4 is 55.4 Å². The van der Waals surface area contributed by atoms with Gasteiger partial charge in [0.25, 0.3) is 0 Å². The van der Waals surface area contributed by atoms with Crippen LogP contribution in [0.5, 0.6) is 0 Å². The molecule has 3 heteroatoms. The summed E-state index contributed by atoms with van der Waals surface area (Å²) in [4.78, 5) is 8.24. The summed E-state index contributed by atoms with van der Waals surface area (Å²) in [6.07, 6.45) is 0. The Balaban J connectivity index is -0.0000000200. The Kier molecular flexibility index (Phi) is 20.0. The van der Waals surface area contributed by atoms with Crippen LogP contribution in [-0.4, -0.2) is 60.5 Å². The minimum Gasteiger partial charge on any atom is -1.00 e. The summed E-state index contributed by atoms with van der Waals surface area (Å²) >= 11 is 0. The van der Waals surface area contributed by atoms with E-state index >= 15 is 0 Å². The van der Waals surface area contributed by atoms with Gasteiger partial charge >= 0.3 is 48.9 Å². The quantitative estimate of drug-likeness (QED) is 0.400. The van der Waals surface area contributed by atoms with Crippen LogP contribution >= 0.6 is 0 Å². The fourth-order valence-corrected chi connectivity index (χ4v) is 0. The second kappa shape index (κ2) is 8.97. The zero-order valence-electron chi connectivity index (χ0n) is 3.06. The van der Waals surface area contributed by atoms with E-state index in [1.807, 2.05) is 0 Å². The van der Waals surface area contributed by atoms with E-state index in [2.05, 4.69) is 0 Å². The third-order valence-electron chi connectivity index (χ3n) is 0. The Morgan fingerprint density at radius 2 is 2.00 bits per heavy atom. The molecule has 0 saturated carbocycles. The number of rotatable bonds is 0. The average molecular weight is 183 g/mol. The summed E-state index contributed by atoms with van der Waals surface area (Å²) in [5.74, 6) is 0. The molecule has 0 aromatic carbocycles. The largest absolute Gasteiger partial charge is 2.00 e. The van der Waals surface area contributed by atoms with E-state index < -0.39 is 0 Å². The van der Waals surface area contributed by atoms with Crippen molar-refractivity contribution in [2.75, 3.05) is 0 Å². The molecular weight excluding hydrogens is 181 g/mol. The van der Waals surface area contributed by atoms with E-state index in [9.17, 15) is 0 Å². The van der Waals surface area contributed by atoms with Crippen LogP contribution in [0, 0.1) is 0 Å². The van der Waals surface area contributed by atoms with Crippen LogP contribution in [0.25, 0.3) is 0 Å². The van der Waals surface area contributed by atoms with Crippen molar-refractivity contribution in [3.8, 4) is 0 Å². The second-order valence-electron chi connectivity index (χ2n) is 0.0913. The van der Waals surface area contributed by atoms with E-state index in [1.165, 1.54) is 0 Å². The monoisotopic (exact) mass is 184 g/mol. The van der Waals surface area contributed by atoms with Crippen LogP contribution in [0.4, 0.5) is 0 Å². The molecule has 0 rings (SSSR count). The van der Waals surface area contributed by atoms with Gasteiger partial charge in [-0.3, -0.25) is 0 Å². The molecule has 0 radical (unpaired) electrons. The normalized spacial score (nSPS) is 3.00. The second-order valence-corrected chi connectivity index (χ2v) is 0.0913. The SMILES string of the molecule is O=[C-]O.[Ba+2].[H-]. The van der Waals surface area contributed by atoms with E-state index in [4.69, 9.17) is 9.90 Å². The van der Waals surface area contributed by atoms with Gasteiger partial charge in [-0.25, -0.2) is 0 Å². The van der Waals surface area contributed by atoms with Crippen molar-refractivity contribution < 1.29 is 11.3 Å². The molecule has 0 aromatic heterocycles. The zero-order chi connectivity index (χ0) is 2.71. The van der Waals surface area contributed by atoms with Crippen LogP contribution < -0.4 is 0 Å². The van der Waals surface area contributed by atoms with Gasteiger partial charge in [0.15, 0.2) is 0 Å². The molecule has 0 aliphatic heterocycles. The molecule has 0 aliphatic carbocycles. The van der Waals surface area contributed by atoms with Crippen LogP contribution in [0.3, 0.4) is 0 Å². The summed E-state index contributed by atoms with van der Waals surface area (Å²) in [5.41, 5.74) is 0. The van der Waals surface area contributed by atoms with Gasteiger partial charge in [-0.15, -0.1) is 0 Å². The molecular formula is CH2BaO2. The molecule has 0 aromatic rings. The van der Waals surface area contributed by atoms with Crippen molar-refractivity contribution in [2.45, 2.75) is 0 Å². The van der Waals surface area contributed by atoms with Gasteiger partial charge in [0, 0.05) is 0 Å². The molecule has 0 atom stereocenters. The molecule has 0 bridgehead atoms. The molecule has 2 nitrogen and oxygen atoms in total. The maximum atomic E-state index is 8.24. The van der Waals surface area contributed by atoms with E-state index in [0.717, 1.165) is 0 Å². The van der Waals surface area contributed by atoms with Crippen molar-refractivity contribution in [2.24, 2.45) is 0 Å². The first-order valence-corrected chi connectivity index (χ1v) is 0.428. The van der Waals surface area contributed by atoms with Crippen LogP contribution in [0.1, 0.15) is 1.43 Å². The van der Waals surface area contributed by atoms with Crippen molar-refractivity contribution in [1.82, 2.24) is 0 Å². The summed E-state index contributed by atoms with van der Waals surface area (Å²) in [6, 6.07) is 0. The standard InChI is InChI=1S/CHO2.Ba.H/c2-1-3;;/h(H,2,3);;/q-1;+2;-1. The summed E-state index contributed by atoms with van der Waals surface area (Å²) in [6.45, 7) is 0.500. The summed E-state index contributed by atoms with van der Waals surface area (Å²) in [5, 5.41) is 6.76. The first-order valence-electron chi connectivity index (χ1n) is 0.428. The van der Waals surface area contributed by atoms with E-state index in [0.29, 0.717) is 6.47 Å². The number of hydrogen-bond acceptors (Lipinski definition) is 1. The minimum absolute atomic E-state index is 0. The molecule has 20 valence electrons. The molecule has 0 amide bonds. The molecule has 0 saturated heterocycles. The molecule has 0 spiro atoms. The van der Waals surface area contributed by atoms with Gasteiger partial charge in [0.2, 0.25) is 0 Å². The molecule has 1 N–H and O–H groups in total. The molecule has 0 aliphatic rings. The first-order chi connectivity index (χ1) is 1.41. The van der Waals surface area contributed by atoms with Crippen LogP contribution in [-0.2, 0) is 4.79 Å². The zero-order valence-corrected chi connectivity index (χ0v) is 6.50. The number of hydrogen-bond donors (Lipinski definition) is 1. The Hall–Kier alpha value is 1.04. The first kappa shape index (κ1) is 8.90. The maximum absolute atomic E-state index is 8.24. The topological polar surface area (TPSA) is 37.3 Å². The van der Waals surface area contributed by atoms with Gasteiger partial charge in [0.1, 0.15) is 0 Å². The maximum Gasteiger partial charge on any atom is 2.00 e. The third-order valence-corrected chi connectivity index (χ3v) is 0. The van der Waals surface area contributed by atoms with Crippen molar-refractivity contribution in [3.63, 3.8) is 0 Å². The number of aliphatic hydroxyl groups excluding tert-OH is 1. The van der Waals surface area contributed by atoms with Crippen LogP contribution in [0.15, 0.2) is 0 Å². The van der Waals surface area contributed by atoms with Crippen molar-refractivity contribution in [3.05, 3.63) is 0 Å². The smallest absolute Gasteiger partial charge is 1.00 e. The summed E-state index contributed by atoms with van der Waals surface area (Å²) in [7, 11) is 0.